The fourth-order valence-electron chi connectivity index (χ4n) is 3.21. The van der Waals surface area contributed by atoms with Crippen molar-refractivity contribution in [3.63, 3.8) is 0 Å². The number of hydrogen-bond acceptors (Lipinski definition) is 4. The summed E-state index contributed by atoms with van der Waals surface area (Å²) < 4.78 is 26.5. The second kappa shape index (κ2) is 6.52. The van der Waals surface area contributed by atoms with Crippen LogP contribution in [0.25, 0.3) is 0 Å². The maximum Gasteiger partial charge on any atom is 0.214 e. The van der Waals surface area contributed by atoms with Gasteiger partial charge in [0.1, 0.15) is 0 Å². The zero-order valence-electron chi connectivity index (χ0n) is 11.8. The van der Waals surface area contributed by atoms with Crippen molar-refractivity contribution in [2.24, 2.45) is 5.92 Å². The van der Waals surface area contributed by atoms with E-state index in [9.17, 15) is 8.42 Å². The molecule has 1 heterocycles. The Kier molecular flexibility index (Phi) is 5.22. The van der Waals surface area contributed by atoms with E-state index in [2.05, 4.69) is 4.90 Å². The molecule has 0 bridgehead atoms. The Labute approximate surface area is 116 Å². The van der Waals surface area contributed by atoms with Crippen LogP contribution in [0, 0.1) is 5.92 Å². The average molecular weight is 290 g/mol. The molecule has 0 aromatic rings. The number of rotatable bonds is 5. The van der Waals surface area contributed by atoms with Crippen LogP contribution in [-0.2, 0) is 10.0 Å². The normalized spacial score (nSPS) is 28.0. The van der Waals surface area contributed by atoms with Crippen molar-refractivity contribution in [1.29, 1.82) is 0 Å². The molecule has 19 heavy (non-hydrogen) atoms. The monoisotopic (exact) mass is 290 g/mol. The summed E-state index contributed by atoms with van der Waals surface area (Å²) in [6.07, 6.45) is 5.12. The first-order valence-corrected chi connectivity index (χ1v) is 8.93. The molecule has 112 valence electrons. The van der Waals surface area contributed by atoms with Crippen LogP contribution in [0.2, 0.25) is 0 Å². The molecule has 5 nitrogen and oxygen atoms in total. The lowest BCUT2D eigenvalue weighted by Crippen LogP contribution is -2.54. The van der Waals surface area contributed by atoms with E-state index in [0.717, 1.165) is 19.4 Å². The third-order valence-corrected chi connectivity index (χ3v) is 6.53. The van der Waals surface area contributed by atoms with Gasteiger partial charge in [0, 0.05) is 32.3 Å². The number of likely N-dealkylation sites (N-methyl/N-ethyl adjacent to an activating group) is 1. The van der Waals surface area contributed by atoms with Crippen molar-refractivity contribution in [2.45, 2.75) is 38.1 Å². The molecular formula is C13H26N2O3S. The highest BCUT2D eigenvalue weighted by atomic mass is 32.2. The van der Waals surface area contributed by atoms with Crippen molar-refractivity contribution in [2.75, 3.05) is 39.0 Å². The second-order valence-electron chi connectivity index (χ2n) is 5.93. The van der Waals surface area contributed by atoms with Gasteiger partial charge in [-0.1, -0.05) is 12.8 Å². The Balaban J connectivity index is 1.95. The number of aliphatic hydroxyl groups is 1. The van der Waals surface area contributed by atoms with Gasteiger partial charge in [-0.15, -0.1) is 0 Å². The van der Waals surface area contributed by atoms with Crippen molar-refractivity contribution >= 4 is 10.0 Å². The molecule has 0 amide bonds. The predicted molar refractivity (Wildman–Crippen MR) is 75.4 cm³/mol. The molecule has 1 aliphatic carbocycles. The molecule has 1 atom stereocenters. The Bertz CT molecular complexity index is 379. The first-order valence-electron chi connectivity index (χ1n) is 7.32. The number of sulfonamides is 1. The van der Waals surface area contributed by atoms with Gasteiger partial charge < -0.3 is 10.0 Å². The van der Waals surface area contributed by atoms with E-state index >= 15 is 0 Å². The van der Waals surface area contributed by atoms with Gasteiger partial charge in [-0.05, 0) is 32.2 Å². The Hall–Kier alpha value is -0.170. The summed E-state index contributed by atoms with van der Waals surface area (Å²) in [6, 6.07) is 0.150. The van der Waals surface area contributed by atoms with Crippen molar-refractivity contribution in [3.8, 4) is 0 Å². The Morgan fingerprint density at radius 2 is 1.89 bits per heavy atom. The minimum Gasteiger partial charge on any atom is -0.396 e. The number of piperazine rings is 1. The molecule has 1 saturated carbocycles. The summed E-state index contributed by atoms with van der Waals surface area (Å²) in [5, 5.41) is 9.06. The van der Waals surface area contributed by atoms with Gasteiger partial charge in [0.2, 0.25) is 10.0 Å². The molecule has 0 aromatic heterocycles. The molecule has 2 rings (SSSR count). The lowest BCUT2D eigenvalue weighted by Gasteiger charge is -2.38. The first kappa shape index (κ1) is 15.2. The SMILES string of the molecule is CN1CCN(S(=O)(=O)CC2CCCC2)C[C@H]1CCO. The maximum atomic E-state index is 12.4. The van der Waals surface area contributed by atoms with Crippen LogP contribution < -0.4 is 0 Å². The lowest BCUT2D eigenvalue weighted by atomic mass is 10.1. The van der Waals surface area contributed by atoms with Crippen LogP contribution in [-0.4, -0.2) is 67.8 Å². The molecule has 1 aliphatic heterocycles. The fourth-order valence-corrected chi connectivity index (χ4v) is 5.11. The van der Waals surface area contributed by atoms with E-state index in [4.69, 9.17) is 5.11 Å². The topological polar surface area (TPSA) is 60.9 Å². The molecule has 2 fully saturated rings. The van der Waals surface area contributed by atoms with E-state index in [1.165, 1.54) is 12.8 Å². The van der Waals surface area contributed by atoms with Gasteiger partial charge in [0.25, 0.3) is 0 Å². The summed E-state index contributed by atoms with van der Waals surface area (Å²) in [7, 11) is -1.12. The van der Waals surface area contributed by atoms with Gasteiger partial charge in [-0.25, -0.2) is 8.42 Å². The van der Waals surface area contributed by atoms with Crippen LogP contribution in [0.3, 0.4) is 0 Å². The van der Waals surface area contributed by atoms with E-state index in [0.29, 0.717) is 31.2 Å². The second-order valence-corrected chi connectivity index (χ2v) is 7.95. The highest BCUT2D eigenvalue weighted by Gasteiger charge is 2.33. The third-order valence-electron chi connectivity index (χ3n) is 4.52. The molecule has 0 spiro atoms. The lowest BCUT2D eigenvalue weighted by molar-refractivity contribution is 0.120. The summed E-state index contributed by atoms with van der Waals surface area (Å²) in [6.45, 7) is 2.00. The summed E-state index contributed by atoms with van der Waals surface area (Å²) in [5.74, 6) is 0.684. The van der Waals surface area contributed by atoms with Gasteiger partial charge in [0.15, 0.2) is 0 Å². The molecule has 1 saturated heterocycles. The number of aliphatic hydroxyl groups excluding tert-OH is 1. The van der Waals surface area contributed by atoms with E-state index in [1.54, 1.807) is 4.31 Å². The van der Waals surface area contributed by atoms with Crippen LogP contribution in [0.5, 0.6) is 0 Å². The smallest absolute Gasteiger partial charge is 0.214 e. The quantitative estimate of drug-likeness (QED) is 0.801. The summed E-state index contributed by atoms with van der Waals surface area (Å²) in [4.78, 5) is 2.15. The summed E-state index contributed by atoms with van der Waals surface area (Å²) in [5.41, 5.74) is 0. The van der Waals surface area contributed by atoms with Crippen LogP contribution >= 0.6 is 0 Å². The standard InChI is InChI=1S/C13H26N2O3S/c1-14-7-8-15(10-13(14)6-9-16)19(17,18)11-12-4-2-3-5-12/h12-13,16H,2-11H2,1H3/t13-/m1/s1. The molecule has 0 aromatic carbocycles. The van der Waals surface area contributed by atoms with Gasteiger partial charge in [-0.2, -0.15) is 4.31 Å². The molecular weight excluding hydrogens is 264 g/mol. The molecule has 1 N–H and O–H groups in total. The van der Waals surface area contributed by atoms with Gasteiger partial charge in [-0.3, -0.25) is 0 Å². The van der Waals surface area contributed by atoms with Gasteiger partial charge in [0.05, 0.1) is 5.75 Å². The fraction of sp³-hybridized carbons (Fsp3) is 1.00. The molecule has 2 aliphatic rings. The Morgan fingerprint density at radius 3 is 2.53 bits per heavy atom. The van der Waals surface area contributed by atoms with E-state index in [-0.39, 0.29) is 12.6 Å². The third kappa shape index (κ3) is 3.90. The largest absolute Gasteiger partial charge is 0.396 e. The van der Waals surface area contributed by atoms with Gasteiger partial charge >= 0.3 is 0 Å². The molecule has 6 heteroatoms. The Morgan fingerprint density at radius 1 is 1.21 bits per heavy atom. The zero-order chi connectivity index (χ0) is 13.9. The predicted octanol–water partition coefficient (Wildman–Crippen LogP) is 0.505. The number of hydrogen-bond donors (Lipinski definition) is 1. The summed E-state index contributed by atoms with van der Waals surface area (Å²) >= 11 is 0. The van der Waals surface area contributed by atoms with E-state index in [1.807, 2.05) is 7.05 Å². The minimum absolute atomic E-state index is 0.117. The highest BCUT2D eigenvalue weighted by molar-refractivity contribution is 7.89. The van der Waals surface area contributed by atoms with Crippen molar-refractivity contribution < 1.29 is 13.5 Å². The van der Waals surface area contributed by atoms with Crippen LogP contribution in [0.4, 0.5) is 0 Å². The van der Waals surface area contributed by atoms with E-state index < -0.39 is 10.0 Å². The van der Waals surface area contributed by atoms with Crippen LogP contribution in [0.15, 0.2) is 0 Å². The van der Waals surface area contributed by atoms with Crippen molar-refractivity contribution in [3.05, 3.63) is 0 Å². The highest BCUT2D eigenvalue weighted by Crippen LogP contribution is 2.27. The van der Waals surface area contributed by atoms with Crippen LogP contribution in [0.1, 0.15) is 32.1 Å². The zero-order valence-corrected chi connectivity index (χ0v) is 12.6. The minimum atomic E-state index is -3.12. The molecule has 0 unspecified atom stereocenters. The first-order chi connectivity index (χ1) is 9.03. The molecule has 0 radical (unpaired) electrons. The number of nitrogens with zero attached hydrogens (tertiary/aromatic N) is 2. The van der Waals surface area contributed by atoms with Crippen molar-refractivity contribution in [1.82, 2.24) is 9.21 Å². The maximum absolute atomic E-state index is 12.4. The average Bonchev–Trinajstić information content (AvgIpc) is 2.84.